The Morgan fingerprint density at radius 2 is 1.09 bits per heavy atom. The van der Waals surface area contributed by atoms with Crippen LogP contribution in [0.3, 0.4) is 0 Å². The first kappa shape index (κ1) is 25.9. The smallest absolute Gasteiger partial charge is 0.310 e. The molecule has 1 fully saturated rings. The lowest BCUT2D eigenvalue weighted by Gasteiger charge is -2.40. The van der Waals surface area contributed by atoms with Gasteiger partial charge in [-0.05, 0) is 63.7 Å². The highest BCUT2D eigenvalue weighted by atomic mass is 16.5. The molecule has 3 rings (SSSR count). The lowest BCUT2D eigenvalue weighted by molar-refractivity contribution is -0.157. The number of benzene rings is 2. The van der Waals surface area contributed by atoms with E-state index in [9.17, 15) is 9.59 Å². The minimum Gasteiger partial charge on any atom is -0.466 e. The average Bonchev–Trinajstić information content (AvgIpc) is 2.86. The number of hydrogen-bond donors (Lipinski definition) is 2. The van der Waals surface area contributed by atoms with Crippen molar-refractivity contribution in [3.8, 4) is 0 Å². The maximum absolute atomic E-state index is 12.9. The van der Waals surface area contributed by atoms with Gasteiger partial charge in [-0.1, -0.05) is 60.7 Å². The van der Waals surface area contributed by atoms with Crippen molar-refractivity contribution in [1.29, 1.82) is 0 Å². The first-order chi connectivity index (χ1) is 16.6. The van der Waals surface area contributed by atoms with Crippen molar-refractivity contribution in [3.05, 3.63) is 71.8 Å². The van der Waals surface area contributed by atoms with Crippen LogP contribution >= 0.6 is 0 Å². The zero-order valence-electron chi connectivity index (χ0n) is 20.4. The summed E-state index contributed by atoms with van der Waals surface area (Å²) in [6, 6.07) is 20.2. The summed E-state index contributed by atoms with van der Waals surface area (Å²) in [7, 11) is 0. The van der Waals surface area contributed by atoms with Gasteiger partial charge in [0, 0.05) is 12.1 Å². The zero-order valence-corrected chi connectivity index (χ0v) is 20.4. The van der Waals surface area contributed by atoms with Crippen molar-refractivity contribution >= 4 is 11.9 Å². The molecule has 2 aromatic rings. The van der Waals surface area contributed by atoms with Crippen molar-refractivity contribution in [1.82, 2.24) is 10.6 Å². The summed E-state index contributed by atoms with van der Waals surface area (Å²) >= 11 is 0. The van der Waals surface area contributed by atoms with E-state index < -0.39 is 0 Å². The molecule has 0 heterocycles. The van der Waals surface area contributed by atoms with Gasteiger partial charge in [-0.2, -0.15) is 0 Å². The zero-order chi connectivity index (χ0) is 24.2. The van der Waals surface area contributed by atoms with Crippen LogP contribution in [0.25, 0.3) is 0 Å². The van der Waals surface area contributed by atoms with Crippen molar-refractivity contribution in [2.24, 2.45) is 11.8 Å². The molecule has 0 spiro atoms. The Balaban J connectivity index is 1.68. The number of rotatable bonds is 12. The third-order valence-corrected chi connectivity index (χ3v) is 6.49. The second-order valence-corrected chi connectivity index (χ2v) is 8.78. The van der Waals surface area contributed by atoms with Crippen LogP contribution in [0.2, 0.25) is 0 Å². The Bertz CT molecular complexity index is 801. The van der Waals surface area contributed by atoms with Gasteiger partial charge in [0.25, 0.3) is 0 Å². The quantitative estimate of drug-likeness (QED) is 0.466. The topological polar surface area (TPSA) is 76.7 Å². The van der Waals surface area contributed by atoms with E-state index in [1.807, 2.05) is 50.2 Å². The molecule has 0 saturated heterocycles. The first-order valence-electron chi connectivity index (χ1n) is 12.5. The Kier molecular flexibility index (Phi) is 10.6. The van der Waals surface area contributed by atoms with E-state index in [2.05, 4.69) is 34.9 Å². The predicted molar refractivity (Wildman–Crippen MR) is 133 cm³/mol. The average molecular weight is 467 g/mol. The molecule has 2 N–H and O–H groups in total. The Morgan fingerprint density at radius 1 is 0.706 bits per heavy atom. The third-order valence-electron chi connectivity index (χ3n) is 6.49. The molecule has 2 aromatic carbocycles. The van der Waals surface area contributed by atoms with Gasteiger partial charge >= 0.3 is 11.9 Å². The Hall–Kier alpha value is -2.70. The number of carbonyl (C=O) groups excluding carboxylic acids is 2. The maximum Gasteiger partial charge on any atom is 0.310 e. The van der Waals surface area contributed by atoms with E-state index in [0.29, 0.717) is 26.1 Å². The molecule has 4 atom stereocenters. The number of esters is 2. The van der Waals surface area contributed by atoms with Gasteiger partial charge in [-0.15, -0.1) is 0 Å². The summed E-state index contributed by atoms with van der Waals surface area (Å²) in [6.07, 6.45) is 2.80. The van der Waals surface area contributed by atoms with Gasteiger partial charge < -0.3 is 20.1 Å². The second kappa shape index (κ2) is 13.9. The largest absolute Gasteiger partial charge is 0.466 e. The molecular weight excluding hydrogens is 428 g/mol. The number of ether oxygens (including phenoxy) is 2. The van der Waals surface area contributed by atoms with Crippen LogP contribution in [0.15, 0.2) is 60.7 Å². The van der Waals surface area contributed by atoms with Crippen molar-refractivity contribution in [3.63, 3.8) is 0 Å². The summed E-state index contributed by atoms with van der Waals surface area (Å²) in [6.45, 7) is 5.81. The summed E-state index contributed by atoms with van der Waals surface area (Å²) in [4.78, 5) is 25.8. The molecule has 0 amide bonds. The molecule has 1 aliphatic carbocycles. The fourth-order valence-electron chi connectivity index (χ4n) is 4.77. The van der Waals surface area contributed by atoms with E-state index >= 15 is 0 Å². The molecule has 0 radical (unpaired) electrons. The fraction of sp³-hybridized carbons (Fsp3) is 0.500. The molecule has 1 aliphatic rings. The molecule has 0 aliphatic heterocycles. The predicted octanol–water partition coefficient (Wildman–Crippen LogP) is 3.54. The molecule has 184 valence electrons. The van der Waals surface area contributed by atoms with Crippen LogP contribution < -0.4 is 10.6 Å². The highest BCUT2D eigenvalue weighted by Gasteiger charge is 2.44. The van der Waals surface area contributed by atoms with Crippen LogP contribution in [0.5, 0.6) is 0 Å². The van der Waals surface area contributed by atoms with Crippen molar-refractivity contribution in [2.45, 2.75) is 51.6 Å². The first-order valence-corrected chi connectivity index (χ1v) is 12.5. The van der Waals surface area contributed by atoms with E-state index in [1.165, 1.54) is 11.1 Å². The van der Waals surface area contributed by atoms with Crippen LogP contribution in [0.4, 0.5) is 0 Å². The monoisotopic (exact) mass is 466 g/mol. The Labute approximate surface area is 203 Å². The molecular formula is C28H38N2O4. The lowest BCUT2D eigenvalue weighted by atomic mass is 9.74. The SMILES string of the molecule is CCOC(=O)C1CC(NCCc2ccccc2)C(C(=O)OCC)CC1NCCc1ccccc1. The lowest BCUT2D eigenvalue weighted by Crippen LogP contribution is -2.55. The summed E-state index contributed by atoms with van der Waals surface area (Å²) in [5.41, 5.74) is 2.47. The number of hydrogen-bond acceptors (Lipinski definition) is 6. The minimum absolute atomic E-state index is 0.135. The Morgan fingerprint density at radius 3 is 1.44 bits per heavy atom. The standard InChI is InChI=1S/C28H38N2O4/c1-3-33-27(31)23-19-26(30-18-16-22-13-9-6-10-14-22)24(28(32)34-4-2)20-25(23)29-17-15-21-11-7-5-8-12-21/h5-14,23-26,29-30H,3-4,15-20H2,1-2H3. The van der Waals surface area contributed by atoms with E-state index in [-0.39, 0.29) is 35.9 Å². The van der Waals surface area contributed by atoms with E-state index in [4.69, 9.17) is 9.47 Å². The van der Waals surface area contributed by atoms with Gasteiger partial charge in [0.2, 0.25) is 0 Å². The van der Waals surface area contributed by atoms with Gasteiger partial charge in [0.1, 0.15) is 0 Å². The number of carbonyl (C=O) groups is 2. The van der Waals surface area contributed by atoms with Crippen LogP contribution in [-0.4, -0.2) is 50.3 Å². The normalized spacial score (nSPS) is 22.2. The third kappa shape index (κ3) is 7.67. The second-order valence-electron chi connectivity index (χ2n) is 8.78. The van der Waals surface area contributed by atoms with Gasteiger partial charge in [-0.25, -0.2) is 0 Å². The van der Waals surface area contributed by atoms with Crippen LogP contribution in [0.1, 0.15) is 37.8 Å². The van der Waals surface area contributed by atoms with Crippen LogP contribution in [0, 0.1) is 11.8 Å². The molecule has 4 unspecified atom stereocenters. The van der Waals surface area contributed by atoms with Gasteiger partial charge in [0.15, 0.2) is 0 Å². The molecule has 0 aromatic heterocycles. The molecule has 6 heteroatoms. The van der Waals surface area contributed by atoms with Gasteiger partial charge in [0.05, 0.1) is 25.0 Å². The summed E-state index contributed by atoms with van der Waals surface area (Å²) in [5, 5.41) is 7.11. The molecule has 6 nitrogen and oxygen atoms in total. The molecule has 34 heavy (non-hydrogen) atoms. The van der Waals surface area contributed by atoms with Crippen molar-refractivity contribution < 1.29 is 19.1 Å². The number of nitrogens with one attached hydrogen (secondary N) is 2. The van der Waals surface area contributed by atoms with E-state index in [0.717, 1.165) is 25.9 Å². The minimum atomic E-state index is -0.310. The maximum atomic E-state index is 12.9. The van der Waals surface area contributed by atoms with Crippen LogP contribution in [-0.2, 0) is 31.9 Å². The molecule has 0 bridgehead atoms. The summed E-state index contributed by atoms with van der Waals surface area (Å²) < 4.78 is 10.8. The highest BCUT2D eigenvalue weighted by Crippen LogP contribution is 2.32. The summed E-state index contributed by atoms with van der Waals surface area (Å²) in [5.74, 6) is -1.01. The molecule has 1 saturated carbocycles. The fourth-order valence-corrected chi connectivity index (χ4v) is 4.77. The van der Waals surface area contributed by atoms with E-state index in [1.54, 1.807) is 0 Å². The van der Waals surface area contributed by atoms with Crippen molar-refractivity contribution in [2.75, 3.05) is 26.3 Å². The van der Waals surface area contributed by atoms with Gasteiger partial charge in [-0.3, -0.25) is 9.59 Å². The highest BCUT2D eigenvalue weighted by molar-refractivity contribution is 5.77.